The van der Waals surface area contributed by atoms with Crippen LogP contribution in [0.15, 0.2) is 57.8 Å². The minimum Gasteiger partial charge on any atom is -0.383 e. The quantitative estimate of drug-likeness (QED) is 0.606. The first-order valence-corrected chi connectivity index (χ1v) is 9.60. The number of carbonyl (C=O) groups excluding carboxylic acids is 1. The van der Waals surface area contributed by atoms with Gasteiger partial charge in [-0.05, 0) is 43.3 Å². The summed E-state index contributed by atoms with van der Waals surface area (Å²) in [7, 11) is 1.58. The Morgan fingerprint density at radius 1 is 1.21 bits per heavy atom. The maximum absolute atomic E-state index is 12.9. The summed E-state index contributed by atoms with van der Waals surface area (Å²) in [4.78, 5) is 29.9. The third-order valence-corrected chi connectivity index (χ3v) is 4.78. The third-order valence-electron chi connectivity index (χ3n) is 4.25. The Labute approximate surface area is 170 Å². The lowest BCUT2D eigenvalue weighted by Crippen LogP contribution is -2.36. The van der Waals surface area contributed by atoms with E-state index in [0.29, 0.717) is 35.6 Å². The van der Waals surface area contributed by atoms with E-state index in [2.05, 4.69) is 31.5 Å². The van der Waals surface area contributed by atoms with Crippen molar-refractivity contribution in [3.63, 3.8) is 0 Å². The Hall–Kier alpha value is -2.71. The number of rotatable bonds is 6. The SMILES string of the molecule is COCCn1c(C(C)NC(=O)Nc2ccc(Br)cc2)nc2ccccc2c1=O. The highest BCUT2D eigenvalue weighted by Crippen LogP contribution is 2.16. The van der Waals surface area contributed by atoms with E-state index in [9.17, 15) is 9.59 Å². The first kappa shape index (κ1) is 20.0. The first-order chi connectivity index (χ1) is 13.5. The van der Waals surface area contributed by atoms with E-state index in [-0.39, 0.29) is 11.6 Å². The molecule has 2 amide bonds. The summed E-state index contributed by atoms with van der Waals surface area (Å²) in [6.45, 7) is 2.51. The van der Waals surface area contributed by atoms with E-state index in [0.717, 1.165) is 4.47 Å². The van der Waals surface area contributed by atoms with E-state index in [1.165, 1.54) is 0 Å². The van der Waals surface area contributed by atoms with Gasteiger partial charge in [-0.15, -0.1) is 0 Å². The van der Waals surface area contributed by atoms with Gasteiger partial charge in [-0.2, -0.15) is 0 Å². The number of urea groups is 1. The number of halogens is 1. The zero-order valence-electron chi connectivity index (χ0n) is 15.6. The van der Waals surface area contributed by atoms with Crippen LogP contribution in [0.2, 0.25) is 0 Å². The lowest BCUT2D eigenvalue weighted by atomic mass is 10.2. The van der Waals surface area contributed by atoms with Gasteiger partial charge in [0.05, 0.1) is 30.1 Å². The summed E-state index contributed by atoms with van der Waals surface area (Å²) in [6.07, 6.45) is 0. The molecule has 1 heterocycles. The summed E-state index contributed by atoms with van der Waals surface area (Å²) in [5.74, 6) is 0.478. The molecule has 1 aromatic heterocycles. The molecule has 1 atom stereocenters. The van der Waals surface area contributed by atoms with Crippen molar-refractivity contribution in [2.24, 2.45) is 0 Å². The molecular weight excluding hydrogens is 424 g/mol. The van der Waals surface area contributed by atoms with Gasteiger partial charge in [0.2, 0.25) is 0 Å². The number of aromatic nitrogens is 2. The molecule has 0 saturated carbocycles. The number of fused-ring (bicyclic) bond motifs is 1. The average Bonchev–Trinajstić information content (AvgIpc) is 2.69. The van der Waals surface area contributed by atoms with E-state index < -0.39 is 6.04 Å². The highest BCUT2D eigenvalue weighted by Gasteiger charge is 2.18. The molecule has 0 aliphatic rings. The van der Waals surface area contributed by atoms with Crippen LogP contribution in [0.4, 0.5) is 10.5 Å². The molecule has 28 heavy (non-hydrogen) atoms. The van der Waals surface area contributed by atoms with Crippen molar-refractivity contribution in [2.45, 2.75) is 19.5 Å². The van der Waals surface area contributed by atoms with Gasteiger partial charge in [-0.25, -0.2) is 9.78 Å². The Bertz CT molecular complexity index is 1030. The van der Waals surface area contributed by atoms with E-state index in [4.69, 9.17) is 4.74 Å². The molecule has 3 rings (SSSR count). The standard InChI is InChI=1S/C20H21BrN4O3/c1-13(22-20(27)23-15-9-7-14(21)8-10-15)18-24-17-6-4-3-5-16(17)19(26)25(18)11-12-28-2/h3-10,13H,11-12H2,1-2H3,(H2,22,23,27). The fourth-order valence-electron chi connectivity index (χ4n) is 2.88. The summed E-state index contributed by atoms with van der Waals surface area (Å²) in [6, 6.07) is 13.6. The number of amides is 2. The molecule has 1 unspecified atom stereocenters. The van der Waals surface area contributed by atoms with Gasteiger partial charge in [0, 0.05) is 17.3 Å². The van der Waals surface area contributed by atoms with Gasteiger partial charge < -0.3 is 15.4 Å². The van der Waals surface area contributed by atoms with Gasteiger partial charge in [-0.1, -0.05) is 28.1 Å². The Kier molecular flexibility index (Phi) is 6.43. The first-order valence-electron chi connectivity index (χ1n) is 8.81. The second kappa shape index (κ2) is 8.99. The molecule has 2 N–H and O–H groups in total. The number of nitrogens with zero attached hydrogens (tertiary/aromatic N) is 2. The summed E-state index contributed by atoms with van der Waals surface area (Å²) in [5, 5.41) is 6.15. The fraction of sp³-hybridized carbons (Fsp3) is 0.250. The van der Waals surface area contributed by atoms with E-state index in [1.54, 1.807) is 48.9 Å². The minimum atomic E-state index is -0.482. The van der Waals surface area contributed by atoms with Crippen molar-refractivity contribution in [1.82, 2.24) is 14.9 Å². The second-order valence-corrected chi connectivity index (χ2v) is 7.18. The molecule has 3 aromatic rings. The van der Waals surface area contributed by atoms with Crippen LogP contribution < -0.4 is 16.2 Å². The van der Waals surface area contributed by atoms with Gasteiger partial charge in [-0.3, -0.25) is 9.36 Å². The van der Waals surface area contributed by atoms with Crippen molar-refractivity contribution in [3.8, 4) is 0 Å². The van der Waals surface area contributed by atoms with E-state index in [1.807, 2.05) is 18.2 Å². The predicted octanol–water partition coefficient (Wildman–Crippen LogP) is 3.69. The summed E-state index contributed by atoms with van der Waals surface area (Å²) < 4.78 is 7.60. The number of hydrogen-bond donors (Lipinski definition) is 2. The van der Waals surface area contributed by atoms with Gasteiger partial charge in [0.15, 0.2) is 0 Å². The zero-order valence-corrected chi connectivity index (χ0v) is 17.2. The van der Waals surface area contributed by atoms with Gasteiger partial charge >= 0.3 is 6.03 Å². The largest absolute Gasteiger partial charge is 0.383 e. The normalized spacial score (nSPS) is 12.0. The molecule has 8 heteroatoms. The van der Waals surface area contributed by atoms with Crippen LogP contribution in [0.25, 0.3) is 10.9 Å². The minimum absolute atomic E-state index is 0.153. The molecule has 0 radical (unpaired) electrons. The average molecular weight is 445 g/mol. The number of carbonyl (C=O) groups is 1. The molecule has 0 bridgehead atoms. The maximum atomic E-state index is 12.9. The maximum Gasteiger partial charge on any atom is 0.319 e. The highest BCUT2D eigenvalue weighted by atomic mass is 79.9. The molecule has 146 valence electrons. The topological polar surface area (TPSA) is 85.2 Å². The zero-order chi connectivity index (χ0) is 20.1. The Morgan fingerprint density at radius 2 is 1.93 bits per heavy atom. The Morgan fingerprint density at radius 3 is 2.64 bits per heavy atom. The Balaban J connectivity index is 1.86. The van der Waals surface area contributed by atoms with Crippen LogP contribution in [0, 0.1) is 0 Å². The number of ether oxygens (including phenoxy) is 1. The molecule has 0 aliphatic carbocycles. The number of methoxy groups -OCH3 is 1. The number of para-hydroxylation sites is 1. The van der Waals surface area contributed by atoms with Crippen LogP contribution in [0.3, 0.4) is 0 Å². The fourth-order valence-corrected chi connectivity index (χ4v) is 3.14. The molecule has 0 spiro atoms. The number of nitrogens with one attached hydrogen (secondary N) is 2. The van der Waals surface area contributed by atoms with Crippen molar-refractivity contribution >= 4 is 38.6 Å². The van der Waals surface area contributed by atoms with Crippen LogP contribution in [0.5, 0.6) is 0 Å². The number of anilines is 1. The highest BCUT2D eigenvalue weighted by molar-refractivity contribution is 9.10. The summed E-state index contributed by atoms with van der Waals surface area (Å²) in [5.41, 5.74) is 1.11. The van der Waals surface area contributed by atoms with Crippen molar-refractivity contribution in [3.05, 3.63) is 69.2 Å². The smallest absolute Gasteiger partial charge is 0.319 e. The lowest BCUT2D eigenvalue weighted by Gasteiger charge is -2.19. The van der Waals surface area contributed by atoms with Crippen molar-refractivity contribution in [2.75, 3.05) is 19.0 Å². The van der Waals surface area contributed by atoms with Crippen LogP contribution >= 0.6 is 15.9 Å². The van der Waals surface area contributed by atoms with E-state index >= 15 is 0 Å². The molecule has 2 aromatic carbocycles. The predicted molar refractivity (Wildman–Crippen MR) is 113 cm³/mol. The molecular formula is C20H21BrN4O3. The molecule has 7 nitrogen and oxygen atoms in total. The third kappa shape index (κ3) is 4.58. The monoisotopic (exact) mass is 444 g/mol. The molecule has 0 aliphatic heterocycles. The van der Waals surface area contributed by atoms with Crippen LogP contribution in [0.1, 0.15) is 18.8 Å². The number of hydrogen-bond acceptors (Lipinski definition) is 4. The van der Waals surface area contributed by atoms with Gasteiger partial charge in [0.1, 0.15) is 5.82 Å². The van der Waals surface area contributed by atoms with Crippen LogP contribution in [-0.4, -0.2) is 29.3 Å². The molecule has 0 fully saturated rings. The molecule has 0 saturated heterocycles. The summed E-state index contributed by atoms with van der Waals surface area (Å²) >= 11 is 3.36. The van der Waals surface area contributed by atoms with Crippen molar-refractivity contribution < 1.29 is 9.53 Å². The lowest BCUT2D eigenvalue weighted by molar-refractivity contribution is 0.184. The second-order valence-electron chi connectivity index (χ2n) is 6.26. The van der Waals surface area contributed by atoms with Gasteiger partial charge in [0.25, 0.3) is 5.56 Å². The van der Waals surface area contributed by atoms with Crippen LogP contribution in [-0.2, 0) is 11.3 Å². The van der Waals surface area contributed by atoms with Crippen molar-refractivity contribution in [1.29, 1.82) is 0 Å². The number of benzene rings is 2.